The van der Waals surface area contributed by atoms with Crippen LogP contribution in [0.2, 0.25) is 5.28 Å². The van der Waals surface area contributed by atoms with Gasteiger partial charge in [-0.25, -0.2) is 9.37 Å². The Hall–Kier alpha value is -0.900. The van der Waals surface area contributed by atoms with Gasteiger partial charge in [-0.05, 0) is 36.8 Å². The smallest absolute Gasteiger partial charge is 0.224 e. The Bertz CT molecular complexity index is 372. The molecule has 2 heterocycles. The average Bonchev–Trinajstić information content (AvgIpc) is 2.47. The molecule has 5 heteroatoms. The number of rotatable bonds is 1. The monoisotopic (exact) mass is 243 g/mol. The molecular weight excluding hydrogens is 229 g/mol. The van der Waals surface area contributed by atoms with Gasteiger partial charge in [0.25, 0.3) is 0 Å². The van der Waals surface area contributed by atoms with Crippen LogP contribution in [0.1, 0.15) is 26.2 Å². The van der Waals surface area contributed by atoms with Crippen LogP contribution in [0, 0.1) is 11.7 Å². The topological polar surface area (TPSA) is 29.0 Å². The van der Waals surface area contributed by atoms with Gasteiger partial charge in [-0.15, -0.1) is 0 Å². The van der Waals surface area contributed by atoms with Gasteiger partial charge in [0.1, 0.15) is 0 Å². The largest absolute Gasteiger partial charge is 0.354 e. The van der Waals surface area contributed by atoms with E-state index in [1.165, 1.54) is 6.42 Å². The Morgan fingerprint density at radius 2 is 2.25 bits per heavy atom. The molecule has 1 aliphatic heterocycles. The van der Waals surface area contributed by atoms with Crippen LogP contribution in [-0.2, 0) is 0 Å². The molecule has 1 saturated heterocycles. The molecule has 16 heavy (non-hydrogen) atoms. The third-order valence-corrected chi connectivity index (χ3v) is 3.19. The molecule has 1 aromatic heterocycles. The summed E-state index contributed by atoms with van der Waals surface area (Å²) in [7, 11) is 0. The van der Waals surface area contributed by atoms with Crippen molar-refractivity contribution in [3.63, 3.8) is 0 Å². The second-order valence-electron chi connectivity index (χ2n) is 4.33. The molecule has 1 aromatic rings. The van der Waals surface area contributed by atoms with Crippen LogP contribution in [-0.4, -0.2) is 23.1 Å². The van der Waals surface area contributed by atoms with Crippen molar-refractivity contribution in [1.82, 2.24) is 9.97 Å². The van der Waals surface area contributed by atoms with E-state index in [0.29, 0.717) is 11.7 Å². The van der Waals surface area contributed by atoms with E-state index in [0.717, 1.165) is 32.1 Å². The van der Waals surface area contributed by atoms with Crippen LogP contribution in [0.15, 0.2) is 6.20 Å². The molecule has 88 valence electrons. The quantitative estimate of drug-likeness (QED) is 0.711. The van der Waals surface area contributed by atoms with E-state index in [-0.39, 0.29) is 11.1 Å². The van der Waals surface area contributed by atoms with Gasteiger partial charge in [-0.2, -0.15) is 4.98 Å². The minimum Gasteiger partial charge on any atom is -0.354 e. The van der Waals surface area contributed by atoms with Crippen molar-refractivity contribution in [1.29, 1.82) is 0 Å². The highest BCUT2D eigenvalue weighted by Gasteiger charge is 2.18. The van der Waals surface area contributed by atoms with Crippen LogP contribution in [0.5, 0.6) is 0 Å². The molecule has 0 amide bonds. The van der Waals surface area contributed by atoms with Gasteiger partial charge in [0.15, 0.2) is 11.6 Å². The molecule has 0 saturated carbocycles. The Kier molecular flexibility index (Phi) is 3.59. The summed E-state index contributed by atoms with van der Waals surface area (Å²) in [5.41, 5.74) is 0. The molecule has 3 nitrogen and oxygen atoms in total. The van der Waals surface area contributed by atoms with Gasteiger partial charge in [-0.3, -0.25) is 0 Å². The van der Waals surface area contributed by atoms with Crippen LogP contribution >= 0.6 is 11.6 Å². The summed E-state index contributed by atoms with van der Waals surface area (Å²) in [6, 6.07) is 0. The molecule has 1 atom stereocenters. The number of nitrogens with zero attached hydrogens (tertiary/aromatic N) is 3. The third-order valence-electron chi connectivity index (χ3n) is 3.01. The summed E-state index contributed by atoms with van der Waals surface area (Å²) in [6.07, 6.45) is 4.47. The molecule has 0 spiro atoms. The summed E-state index contributed by atoms with van der Waals surface area (Å²) in [5.74, 6) is 0.651. The van der Waals surface area contributed by atoms with Crippen molar-refractivity contribution in [2.45, 2.75) is 26.2 Å². The summed E-state index contributed by atoms with van der Waals surface area (Å²) >= 11 is 5.69. The third kappa shape index (κ3) is 2.61. The zero-order chi connectivity index (χ0) is 11.5. The van der Waals surface area contributed by atoms with Gasteiger partial charge < -0.3 is 4.90 Å². The molecule has 0 bridgehead atoms. The second kappa shape index (κ2) is 4.95. The maximum Gasteiger partial charge on any atom is 0.224 e. The van der Waals surface area contributed by atoms with Crippen LogP contribution in [0.3, 0.4) is 0 Å². The van der Waals surface area contributed by atoms with E-state index < -0.39 is 0 Å². The summed E-state index contributed by atoms with van der Waals surface area (Å²) in [4.78, 5) is 9.56. The molecular formula is C11H15ClFN3. The molecule has 0 aliphatic carbocycles. The van der Waals surface area contributed by atoms with Crippen molar-refractivity contribution in [3.8, 4) is 0 Å². The first-order valence-electron chi connectivity index (χ1n) is 5.60. The summed E-state index contributed by atoms with van der Waals surface area (Å²) in [5, 5.41) is 0.105. The maximum absolute atomic E-state index is 13.6. The SMILES string of the molecule is CC1CCCN(c2nc(Cl)ncc2F)CC1. The Morgan fingerprint density at radius 3 is 3.06 bits per heavy atom. The van der Waals surface area contributed by atoms with E-state index in [1.807, 2.05) is 4.90 Å². The lowest BCUT2D eigenvalue weighted by Gasteiger charge is -2.21. The van der Waals surface area contributed by atoms with Gasteiger partial charge in [0.05, 0.1) is 6.20 Å². The number of halogens is 2. The highest BCUT2D eigenvalue weighted by atomic mass is 35.5. The second-order valence-corrected chi connectivity index (χ2v) is 4.67. The molecule has 1 fully saturated rings. The van der Waals surface area contributed by atoms with Gasteiger partial charge >= 0.3 is 0 Å². The van der Waals surface area contributed by atoms with E-state index >= 15 is 0 Å². The van der Waals surface area contributed by atoms with E-state index in [1.54, 1.807) is 0 Å². The molecule has 0 radical (unpaired) electrons. The Labute approximate surface area is 99.6 Å². The molecule has 1 unspecified atom stereocenters. The van der Waals surface area contributed by atoms with Gasteiger partial charge in [0, 0.05) is 13.1 Å². The normalized spacial score (nSPS) is 21.9. The fourth-order valence-corrected chi connectivity index (χ4v) is 2.16. The Balaban J connectivity index is 2.19. The summed E-state index contributed by atoms with van der Waals surface area (Å²) in [6.45, 7) is 3.91. The summed E-state index contributed by atoms with van der Waals surface area (Å²) < 4.78 is 13.6. The first-order valence-corrected chi connectivity index (χ1v) is 5.97. The number of hydrogen-bond acceptors (Lipinski definition) is 3. The predicted octanol–water partition coefficient (Wildman–Crippen LogP) is 2.90. The maximum atomic E-state index is 13.6. The van der Waals surface area contributed by atoms with E-state index in [4.69, 9.17) is 11.6 Å². The molecule has 1 aliphatic rings. The minimum atomic E-state index is -0.390. The van der Waals surface area contributed by atoms with Crippen molar-refractivity contribution >= 4 is 17.4 Å². The first-order chi connectivity index (χ1) is 7.66. The van der Waals surface area contributed by atoms with Crippen LogP contribution in [0.25, 0.3) is 0 Å². The van der Waals surface area contributed by atoms with Crippen molar-refractivity contribution in [2.24, 2.45) is 5.92 Å². The van der Waals surface area contributed by atoms with E-state index in [9.17, 15) is 4.39 Å². The minimum absolute atomic E-state index is 0.105. The highest BCUT2D eigenvalue weighted by Crippen LogP contribution is 2.23. The average molecular weight is 244 g/mol. The van der Waals surface area contributed by atoms with E-state index in [2.05, 4.69) is 16.9 Å². The fraction of sp³-hybridized carbons (Fsp3) is 0.636. The number of anilines is 1. The molecule has 2 rings (SSSR count). The number of hydrogen-bond donors (Lipinski definition) is 0. The van der Waals surface area contributed by atoms with Gasteiger partial charge in [-0.1, -0.05) is 6.92 Å². The Morgan fingerprint density at radius 1 is 1.44 bits per heavy atom. The van der Waals surface area contributed by atoms with Crippen molar-refractivity contribution in [2.75, 3.05) is 18.0 Å². The first kappa shape index (κ1) is 11.6. The zero-order valence-corrected chi connectivity index (χ0v) is 10.0. The highest BCUT2D eigenvalue weighted by molar-refractivity contribution is 6.28. The van der Waals surface area contributed by atoms with Crippen LogP contribution in [0.4, 0.5) is 10.2 Å². The lowest BCUT2D eigenvalue weighted by molar-refractivity contribution is 0.520. The van der Waals surface area contributed by atoms with Gasteiger partial charge in [0.2, 0.25) is 5.28 Å². The van der Waals surface area contributed by atoms with Crippen molar-refractivity contribution < 1.29 is 4.39 Å². The van der Waals surface area contributed by atoms with Crippen molar-refractivity contribution in [3.05, 3.63) is 17.3 Å². The predicted molar refractivity (Wildman–Crippen MR) is 62.2 cm³/mol. The molecule has 0 N–H and O–H groups in total. The zero-order valence-electron chi connectivity index (χ0n) is 9.29. The lowest BCUT2D eigenvalue weighted by atomic mass is 10.0. The fourth-order valence-electron chi connectivity index (χ4n) is 2.03. The lowest BCUT2D eigenvalue weighted by Crippen LogP contribution is -2.26. The van der Waals surface area contributed by atoms with Crippen LogP contribution < -0.4 is 4.90 Å². The number of aromatic nitrogens is 2. The standard InChI is InChI=1S/C11H15ClFN3/c1-8-3-2-5-16(6-4-8)10-9(13)7-14-11(12)15-10/h7-8H,2-6H2,1H3. The molecule has 0 aromatic carbocycles.